The number of nitriles is 1. The van der Waals surface area contributed by atoms with Crippen molar-refractivity contribution in [3.8, 4) is 28.8 Å². The van der Waals surface area contributed by atoms with E-state index in [4.69, 9.17) is 4.74 Å². The van der Waals surface area contributed by atoms with Gasteiger partial charge in [0.1, 0.15) is 11.1 Å². The molecule has 9 heteroatoms. The molecule has 0 atom stereocenters. The van der Waals surface area contributed by atoms with E-state index in [-0.39, 0.29) is 17.2 Å². The van der Waals surface area contributed by atoms with Crippen LogP contribution in [0.4, 0.5) is 5.69 Å². The third-order valence-electron chi connectivity index (χ3n) is 3.79. The van der Waals surface area contributed by atoms with Crippen LogP contribution in [0.15, 0.2) is 46.3 Å². The third-order valence-corrected chi connectivity index (χ3v) is 5.27. The maximum absolute atomic E-state index is 11.0. The Morgan fingerprint density at radius 2 is 2.21 bits per heavy atom. The quantitative estimate of drug-likeness (QED) is 0.317. The summed E-state index contributed by atoms with van der Waals surface area (Å²) in [6.07, 6.45) is 1.63. The van der Waals surface area contributed by atoms with Gasteiger partial charge in [0.15, 0.2) is 11.5 Å². The number of benzene rings is 2. The largest absolute Gasteiger partial charge is 0.503 e. The van der Waals surface area contributed by atoms with E-state index in [1.807, 2.05) is 0 Å². The zero-order valence-corrected chi connectivity index (χ0v) is 16.8. The van der Waals surface area contributed by atoms with Crippen molar-refractivity contribution >= 4 is 44.6 Å². The standard InChI is InChI=1S/C19H12BrN3O4S/c1-27-17-7-11(6-15(20)18(17)24)5-13(9-21)19-22-16(10-28-19)12-3-2-4-14(8-12)23(25)26/h2-8,10,24H,1H3/b13-5+. The van der Waals surface area contributed by atoms with E-state index in [1.165, 1.54) is 30.6 Å². The smallest absolute Gasteiger partial charge is 0.270 e. The summed E-state index contributed by atoms with van der Waals surface area (Å²) in [5.74, 6) is 0.245. The molecule has 0 spiro atoms. The Balaban J connectivity index is 1.98. The summed E-state index contributed by atoms with van der Waals surface area (Å²) in [5.41, 5.74) is 2.09. The maximum Gasteiger partial charge on any atom is 0.270 e. The van der Waals surface area contributed by atoms with Crippen molar-refractivity contribution in [1.29, 1.82) is 5.26 Å². The number of thiazole rings is 1. The number of nitrogens with zero attached hydrogens (tertiary/aromatic N) is 3. The number of nitro groups is 1. The van der Waals surface area contributed by atoms with Crippen LogP contribution in [0.1, 0.15) is 10.6 Å². The number of nitro benzene ring substituents is 1. The highest BCUT2D eigenvalue weighted by atomic mass is 79.9. The van der Waals surface area contributed by atoms with Crippen LogP contribution in [0.25, 0.3) is 22.9 Å². The molecule has 2 aromatic carbocycles. The van der Waals surface area contributed by atoms with Gasteiger partial charge >= 0.3 is 0 Å². The number of hydrogen-bond acceptors (Lipinski definition) is 7. The van der Waals surface area contributed by atoms with Crippen molar-refractivity contribution in [2.75, 3.05) is 7.11 Å². The van der Waals surface area contributed by atoms with E-state index in [1.54, 1.807) is 35.7 Å². The van der Waals surface area contributed by atoms with Crippen LogP contribution in [-0.4, -0.2) is 22.1 Å². The van der Waals surface area contributed by atoms with Gasteiger partial charge in [-0.25, -0.2) is 4.98 Å². The molecule has 3 rings (SSSR count). The number of non-ortho nitro benzene ring substituents is 1. The van der Waals surface area contributed by atoms with Gasteiger partial charge in [-0.1, -0.05) is 12.1 Å². The predicted molar refractivity (Wildman–Crippen MR) is 110 cm³/mol. The molecule has 0 bridgehead atoms. The summed E-state index contributed by atoms with van der Waals surface area (Å²) in [6, 6.07) is 11.5. The molecule has 0 aliphatic rings. The molecular weight excluding hydrogens is 446 g/mol. The van der Waals surface area contributed by atoms with Crippen molar-refractivity contribution in [1.82, 2.24) is 4.98 Å². The number of ether oxygens (including phenoxy) is 1. The molecule has 0 saturated carbocycles. The third kappa shape index (κ3) is 4.03. The second kappa shape index (κ2) is 8.21. The summed E-state index contributed by atoms with van der Waals surface area (Å²) in [7, 11) is 1.44. The molecule has 1 N–H and O–H groups in total. The fourth-order valence-corrected chi connectivity index (χ4v) is 3.70. The molecule has 0 aliphatic carbocycles. The highest BCUT2D eigenvalue weighted by Crippen LogP contribution is 2.36. The Kier molecular flexibility index (Phi) is 5.73. The number of rotatable bonds is 5. The van der Waals surface area contributed by atoms with Gasteiger partial charge in [-0.15, -0.1) is 11.3 Å². The molecule has 7 nitrogen and oxygen atoms in total. The first-order valence-electron chi connectivity index (χ1n) is 7.82. The number of methoxy groups -OCH3 is 1. The van der Waals surface area contributed by atoms with E-state index in [9.17, 15) is 20.5 Å². The first-order valence-corrected chi connectivity index (χ1v) is 9.49. The van der Waals surface area contributed by atoms with Crippen molar-refractivity contribution in [3.63, 3.8) is 0 Å². The molecule has 3 aromatic rings. The monoisotopic (exact) mass is 457 g/mol. The lowest BCUT2D eigenvalue weighted by molar-refractivity contribution is -0.384. The zero-order chi connectivity index (χ0) is 20.3. The molecule has 1 heterocycles. The summed E-state index contributed by atoms with van der Waals surface area (Å²) < 4.78 is 5.56. The highest BCUT2D eigenvalue weighted by molar-refractivity contribution is 9.10. The lowest BCUT2D eigenvalue weighted by atomic mass is 10.1. The second-order valence-electron chi connectivity index (χ2n) is 5.57. The molecule has 0 fully saturated rings. The van der Waals surface area contributed by atoms with E-state index < -0.39 is 4.92 Å². The zero-order valence-electron chi connectivity index (χ0n) is 14.4. The average molecular weight is 458 g/mol. The van der Waals surface area contributed by atoms with Crippen LogP contribution in [0.2, 0.25) is 0 Å². The van der Waals surface area contributed by atoms with E-state index in [0.29, 0.717) is 31.9 Å². The van der Waals surface area contributed by atoms with Crippen LogP contribution in [0.3, 0.4) is 0 Å². The Morgan fingerprint density at radius 3 is 2.89 bits per heavy atom. The number of halogens is 1. The van der Waals surface area contributed by atoms with Gasteiger partial charge in [-0.3, -0.25) is 10.1 Å². The van der Waals surface area contributed by atoms with Crippen LogP contribution >= 0.6 is 27.3 Å². The summed E-state index contributed by atoms with van der Waals surface area (Å²) in [6.45, 7) is 0. The van der Waals surface area contributed by atoms with Crippen LogP contribution in [0.5, 0.6) is 11.5 Å². The average Bonchev–Trinajstić information content (AvgIpc) is 3.18. The molecule has 1 aromatic heterocycles. The minimum Gasteiger partial charge on any atom is -0.503 e. The van der Waals surface area contributed by atoms with E-state index in [0.717, 1.165) is 0 Å². The Morgan fingerprint density at radius 1 is 1.43 bits per heavy atom. The van der Waals surface area contributed by atoms with Gasteiger partial charge in [0.2, 0.25) is 0 Å². The lowest BCUT2D eigenvalue weighted by Gasteiger charge is -2.06. The number of aromatic nitrogens is 1. The molecule has 0 saturated heterocycles. The number of allylic oxidation sites excluding steroid dienone is 1. The van der Waals surface area contributed by atoms with Crippen LogP contribution < -0.4 is 4.74 Å². The molecule has 0 radical (unpaired) electrons. The van der Waals surface area contributed by atoms with Gasteiger partial charge in [0, 0.05) is 23.1 Å². The first kappa shape index (κ1) is 19.5. The van der Waals surface area contributed by atoms with Gasteiger partial charge in [-0.2, -0.15) is 5.26 Å². The maximum atomic E-state index is 11.0. The summed E-state index contributed by atoms with van der Waals surface area (Å²) in [4.78, 5) is 14.9. The first-order chi connectivity index (χ1) is 13.4. The fourth-order valence-electron chi connectivity index (χ4n) is 2.45. The molecule has 0 amide bonds. The number of phenolic OH excluding ortho intramolecular Hbond substituents is 1. The van der Waals surface area contributed by atoms with Crippen molar-refractivity contribution in [2.24, 2.45) is 0 Å². The van der Waals surface area contributed by atoms with Gasteiger partial charge in [-0.05, 0) is 39.7 Å². The number of phenols is 1. The second-order valence-corrected chi connectivity index (χ2v) is 7.28. The van der Waals surface area contributed by atoms with Crippen LogP contribution in [0, 0.1) is 21.4 Å². The Bertz CT molecular complexity index is 1130. The molecule has 0 unspecified atom stereocenters. The molecular formula is C19H12BrN3O4S. The molecule has 140 valence electrons. The van der Waals surface area contributed by atoms with Crippen molar-refractivity contribution in [3.05, 3.63) is 66.9 Å². The van der Waals surface area contributed by atoms with Crippen molar-refractivity contribution in [2.45, 2.75) is 0 Å². The SMILES string of the molecule is COc1cc(/C=C(\C#N)c2nc(-c3cccc([N+](=O)[O-])c3)cs2)cc(Br)c1O. The Labute approximate surface area is 172 Å². The fraction of sp³-hybridized carbons (Fsp3) is 0.0526. The predicted octanol–water partition coefficient (Wildman–Crippen LogP) is 5.26. The minimum absolute atomic E-state index is 0.0239. The molecule has 0 aliphatic heterocycles. The van der Waals surface area contributed by atoms with Gasteiger partial charge < -0.3 is 9.84 Å². The summed E-state index contributed by atoms with van der Waals surface area (Å²) >= 11 is 4.51. The summed E-state index contributed by atoms with van der Waals surface area (Å²) in [5, 5.41) is 32.6. The van der Waals surface area contributed by atoms with Crippen LogP contribution in [-0.2, 0) is 0 Å². The number of hydrogen-bond donors (Lipinski definition) is 1. The number of aromatic hydroxyl groups is 1. The normalized spacial score (nSPS) is 11.1. The van der Waals surface area contributed by atoms with E-state index in [2.05, 4.69) is 27.0 Å². The topological polar surface area (TPSA) is 109 Å². The molecule has 28 heavy (non-hydrogen) atoms. The van der Waals surface area contributed by atoms with E-state index >= 15 is 0 Å². The highest BCUT2D eigenvalue weighted by Gasteiger charge is 2.13. The Hall–Kier alpha value is -3.22. The minimum atomic E-state index is -0.465. The lowest BCUT2D eigenvalue weighted by Crippen LogP contribution is -1.89. The van der Waals surface area contributed by atoms with Gasteiger partial charge in [0.05, 0.1) is 27.8 Å². The van der Waals surface area contributed by atoms with Crippen molar-refractivity contribution < 1.29 is 14.8 Å². The van der Waals surface area contributed by atoms with Gasteiger partial charge in [0.25, 0.3) is 5.69 Å².